The largest absolute Gasteiger partial charge is 0.478 e. The molecule has 6 nitrogen and oxygen atoms in total. The molecule has 19 heavy (non-hydrogen) atoms. The molecule has 0 saturated carbocycles. The normalized spacial score (nSPS) is 11.5. The minimum Gasteiger partial charge on any atom is -0.478 e. The number of nitrogens with zero attached hydrogens (tertiary/aromatic N) is 2. The van der Waals surface area contributed by atoms with E-state index in [4.69, 9.17) is 14.4 Å². The zero-order valence-corrected chi connectivity index (χ0v) is 10.9. The van der Waals surface area contributed by atoms with Crippen molar-refractivity contribution in [2.24, 2.45) is 0 Å². The highest BCUT2D eigenvalue weighted by atomic mass is 16.5. The second-order valence-electron chi connectivity index (χ2n) is 4.52. The van der Waals surface area contributed by atoms with Crippen molar-refractivity contribution >= 4 is 5.97 Å². The Kier molecular flexibility index (Phi) is 3.35. The van der Waals surface area contributed by atoms with Crippen LogP contribution in [-0.4, -0.2) is 28.3 Å². The van der Waals surface area contributed by atoms with Crippen LogP contribution < -0.4 is 0 Å². The van der Waals surface area contributed by atoms with E-state index < -0.39 is 11.6 Å². The van der Waals surface area contributed by atoms with Crippen LogP contribution in [0.25, 0.3) is 11.5 Å². The van der Waals surface area contributed by atoms with E-state index in [0.717, 1.165) is 0 Å². The quantitative estimate of drug-likeness (QED) is 0.910. The summed E-state index contributed by atoms with van der Waals surface area (Å²) in [7, 11) is 1.57. The summed E-state index contributed by atoms with van der Waals surface area (Å²) in [5, 5.41) is 12.7. The molecule has 1 aromatic carbocycles. The molecule has 100 valence electrons. The van der Waals surface area contributed by atoms with Crippen molar-refractivity contribution in [3.63, 3.8) is 0 Å². The molecule has 6 heteroatoms. The van der Waals surface area contributed by atoms with Gasteiger partial charge in [0.1, 0.15) is 5.60 Å². The van der Waals surface area contributed by atoms with Crippen LogP contribution in [0, 0.1) is 0 Å². The molecule has 2 aromatic rings. The number of hydrogen-bond donors (Lipinski definition) is 1. The van der Waals surface area contributed by atoms with Crippen LogP contribution in [0.15, 0.2) is 28.8 Å². The Balaban J connectivity index is 2.30. The molecule has 0 amide bonds. The Bertz CT molecular complexity index is 587. The Labute approximate surface area is 110 Å². The zero-order chi connectivity index (χ0) is 14.0. The van der Waals surface area contributed by atoms with Crippen molar-refractivity contribution in [2.75, 3.05) is 7.11 Å². The van der Waals surface area contributed by atoms with Gasteiger partial charge in [-0.1, -0.05) is 5.16 Å². The number of methoxy groups -OCH3 is 1. The minimum atomic E-state index is -0.974. The summed E-state index contributed by atoms with van der Waals surface area (Å²) in [5.74, 6) is -0.206. The van der Waals surface area contributed by atoms with E-state index in [2.05, 4.69) is 10.1 Å². The van der Waals surface area contributed by atoms with Crippen molar-refractivity contribution in [1.29, 1.82) is 0 Å². The number of carboxylic acids is 1. The molecule has 0 unspecified atom stereocenters. The monoisotopic (exact) mass is 262 g/mol. The predicted octanol–water partition coefficient (Wildman–Crippen LogP) is 2.32. The van der Waals surface area contributed by atoms with Crippen molar-refractivity contribution in [3.05, 3.63) is 35.7 Å². The van der Waals surface area contributed by atoms with Gasteiger partial charge in [-0.15, -0.1) is 0 Å². The van der Waals surface area contributed by atoms with Crippen LogP contribution in [0.3, 0.4) is 0 Å². The lowest BCUT2D eigenvalue weighted by Crippen LogP contribution is -2.21. The molecule has 1 aromatic heterocycles. The molecule has 1 heterocycles. The third-order valence-electron chi connectivity index (χ3n) is 2.85. The molecule has 1 N–H and O–H groups in total. The molecule has 0 aliphatic heterocycles. The number of carbonyl (C=O) groups is 1. The molecule has 0 aliphatic rings. The fourth-order valence-corrected chi connectivity index (χ4v) is 1.43. The lowest BCUT2D eigenvalue weighted by atomic mass is 10.1. The Hall–Kier alpha value is -2.21. The summed E-state index contributed by atoms with van der Waals surface area (Å²) < 4.78 is 10.4. The minimum absolute atomic E-state index is 0.209. The molecular weight excluding hydrogens is 248 g/mol. The maximum absolute atomic E-state index is 10.8. The summed E-state index contributed by atoms with van der Waals surface area (Å²) in [6.45, 7) is 3.66. The Morgan fingerprint density at radius 2 is 1.95 bits per heavy atom. The van der Waals surface area contributed by atoms with Gasteiger partial charge in [0.05, 0.1) is 5.56 Å². The first-order chi connectivity index (χ1) is 8.94. The van der Waals surface area contributed by atoms with Gasteiger partial charge in [0, 0.05) is 12.7 Å². The Morgan fingerprint density at radius 1 is 1.32 bits per heavy atom. The number of rotatable bonds is 4. The fourth-order valence-electron chi connectivity index (χ4n) is 1.43. The van der Waals surface area contributed by atoms with Gasteiger partial charge in [-0.05, 0) is 38.1 Å². The number of ether oxygens (including phenoxy) is 1. The van der Waals surface area contributed by atoms with E-state index in [1.807, 2.05) is 13.8 Å². The van der Waals surface area contributed by atoms with E-state index in [1.165, 1.54) is 12.1 Å². The molecule has 0 atom stereocenters. The molecule has 0 bridgehead atoms. The van der Waals surface area contributed by atoms with Gasteiger partial charge in [0.25, 0.3) is 5.89 Å². The van der Waals surface area contributed by atoms with Crippen molar-refractivity contribution in [1.82, 2.24) is 10.1 Å². The van der Waals surface area contributed by atoms with Crippen molar-refractivity contribution in [2.45, 2.75) is 19.4 Å². The average Bonchev–Trinajstić information content (AvgIpc) is 2.89. The van der Waals surface area contributed by atoms with E-state index >= 15 is 0 Å². The standard InChI is InChI=1S/C13H14N2O4/c1-13(2,18-3)12-14-10(19-15-12)8-4-6-9(7-5-8)11(16)17/h4-7H,1-3H3,(H,16,17). The molecule has 0 radical (unpaired) electrons. The van der Waals surface area contributed by atoms with Crippen molar-refractivity contribution < 1.29 is 19.2 Å². The van der Waals surface area contributed by atoms with E-state index in [0.29, 0.717) is 17.3 Å². The first-order valence-corrected chi connectivity index (χ1v) is 5.67. The molecule has 0 saturated heterocycles. The third kappa shape index (κ3) is 2.63. The highest BCUT2D eigenvalue weighted by Crippen LogP contribution is 2.24. The van der Waals surface area contributed by atoms with Crippen molar-refractivity contribution in [3.8, 4) is 11.5 Å². The highest BCUT2D eigenvalue weighted by Gasteiger charge is 2.26. The van der Waals surface area contributed by atoms with Crippen LogP contribution in [-0.2, 0) is 10.3 Å². The van der Waals surface area contributed by atoms with Crippen LogP contribution in [0.2, 0.25) is 0 Å². The van der Waals surface area contributed by atoms with Gasteiger partial charge < -0.3 is 14.4 Å². The number of aromatic nitrogens is 2. The second-order valence-corrected chi connectivity index (χ2v) is 4.52. The fraction of sp³-hybridized carbons (Fsp3) is 0.308. The maximum Gasteiger partial charge on any atom is 0.335 e. The van der Waals surface area contributed by atoms with Crippen LogP contribution in [0.1, 0.15) is 30.0 Å². The number of carboxylic acid groups (broad SMARTS) is 1. The maximum atomic E-state index is 10.8. The summed E-state index contributed by atoms with van der Waals surface area (Å²) in [6.07, 6.45) is 0. The van der Waals surface area contributed by atoms with E-state index in [-0.39, 0.29) is 5.56 Å². The molecule has 0 aliphatic carbocycles. The average molecular weight is 262 g/mol. The number of hydrogen-bond acceptors (Lipinski definition) is 5. The second kappa shape index (κ2) is 4.81. The van der Waals surface area contributed by atoms with Gasteiger partial charge in [-0.3, -0.25) is 0 Å². The SMILES string of the molecule is COC(C)(C)c1noc(-c2ccc(C(=O)O)cc2)n1. The topological polar surface area (TPSA) is 85.5 Å². The molecule has 0 spiro atoms. The lowest BCUT2D eigenvalue weighted by molar-refractivity contribution is 0.00973. The van der Waals surface area contributed by atoms with Gasteiger partial charge in [-0.25, -0.2) is 4.79 Å². The lowest BCUT2D eigenvalue weighted by Gasteiger charge is -2.17. The van der Waals surface area contributed by atoms with Crippen LogP contribution in [0.5, 0.6) is 0 Å². The Morgan fingerprint density at radius 3 is 2.47 bits per heavy atom. The smallest absolute Gasteiger partial charge is 0.335 e. The summed E-state index contributed by atoms with van der Waals surface area (Å²) in [6, 6.07) is 6.23. The van der Waals surface area contributed by atoms with Gasteiger partial charge >= 0.3 is 5.97 Å². The first-order valence-electron chi connectivity index (χ1n) is 5.67. The van der Waals surface area contributed by atoms with E-state index in [9.17, 15) is 4.79 Å². The van der Waals surface area contributed by atoms with Crippen LogP contribution in [0.4, 0.5) is 0 Å². The highest BCUT2D eigenvalue weighted by molar-refractivity contribution is 5.88. The third-order valence-corrected chi connectivity index (χ3v) is 2.85. The van der Waals surface area contributed by atoms with Crippen LogP contribution >= 0.6 is 0 Å². The summed E-state index contributed by atoms with van der Waals surface area (Å²) in [4.78, 5) is 15.0. The summed E-state index contributed by atoms with van der Waals surface area (Å²) in [5.41, 5.74) is 0.235. The first kappa shape index (κ1) is 13.2. The molecular formula is C13H14N2O4. The molecule has 0 fully saturated rings. The number of benzene rings is 1. The zero-order valence-electron chi connectivity index (χ0n) is 10.9. The van der Waals surface area contributed by atoms with Gasteiger partial charge in [0.2, 0.25) is 5.82 Å². The predicted molar refractivity (Wildman–Crippen MR) is 66.7 cm³/mol. The van der Waals surface area contributed by atoms with Gasteiger partial charge in [0.15, 0.2) is 0 Å². The molecule has 2 rings (SSSR count). The van der Waals surface area contributed by atoms with Gasteiger partial charge in [-0.2, -0.15) is 4.98 Å². The number of aromatic carboxylic acids is 1. The van der Waals surface area contributed by atoms with E-state index in [1.54, 1.807) is 19.2 Å². The summed E-state index contributed by atoms with van der Waals surface area (Å²) >= 11 is 0.